The quantitative estimate of drug-likeness (QED) is 0.581. The van der Waals surface area contributed by atoms with Gasteiger partial charge in [0.15, 0.2) is 0 Å². The molecule has 1 saturated heterocycles. The predicted molar refractivity (Wildman–Crippen MR) is 112 cm³/mol. The molecule has 136 valence electrons. The average Bonchev–Trinajstić information content (AvgIpc) is 2.75. The van der Waals surface area contributed by atoms with Crippen molar-refractivity contribution in [3.8, 4) is 17.6 Å². The maximum Gasteiger partial charge on any atom is 0.119 e. The summed E-state index contributed by atoms with van der Waals surface area (Å²) in [6.07, 6.45) is 3.87. The van der Waals surface area contributed by atoms with Crippen LogP contribution in [0.2, 0.25) is 0 Å². The molecule has 1 aliphatic heterocycles. The van der Waals surface area contributed by atoms with Crippen molar-refractivity contribution in [2.24, 2.45) is 0 Å². The summed E-state index contributed by atoms with van der Waals surface area (Å²) in [5.74, 6) is 7.88. The Bertz CT molecular complexity index is 962. The molecule has 0 aromatic heterocycles. The SMILES string of the molecule is COc1ccc2cc(C#CC(c3ccccc3)N3CCCCC3)ccc2c1. The number of ether oxygens (including phenoxy) is 1. The van der Waals surface area contributed by atoms with Gasteiger partial charge in [-0.1, -0.05) is 60.7 Å². The first-order chi connectivity index (χ1) is 13.3. The van der Waals surface area contributed by atoms with Crippen molar-refractivity contribution in [1.82, 2.24) is 4.90 Å². The summed E-state index contributed by atoms with van der Waals surface area (Å²) in [5.41, 5.74) is 2.35. The van der Waals surface area contributed by atoms with Crippen LogP contribution in [0.3, 0.4) is 0 Å². The number of rotatable bonds is 3. The highest BCUT2D eigenvalue weighted by Crippen LogP contribution is 2.25. The van der Waals surface area contributed by atoms with Crippen LogP contribution in [-0.2, 0) is 0 Å². The summed E-state index contributed by atoms with van der Waals surface area (Å²) >= 11 is 0. The monoisotopic (exact) mass is 355 g/mol. The summed E-state index contributed by atoms with van der Waals surface area (Å²) in [6, 6.07) is 23.4. The predicted octanol–water partition coefficient (Wildman–Crippen LogP) is 5.43. The molecule has 0 aliphatic carbocycles. The van der Waals surface area contributed by atoms with Crippen molar-refractivity contribution >= 4 is 10.8 Å². The molecule has 1 heterocycles. The number of hydrogen-bond donors (Lipinski definition) is 0. The van der Waals surface area contributed by atoms with Gasteiger partial charge in [0.05, 0.1) is 13.2 Å². The van der Waals surface area contributed by atoms with Crippen LogP contribution >= 0.6 is 0 Å². The number of benzene rings is 3. The van der Waals surface area contributed by atoms with Crippen LogP contribution < -0.4 is 4.74 Å². The molecular formula is C25H25NO. The minimum Gasteiger partial charge on any atom is -0.497 e. The highest BCUT2D eigenvalue weighted by Gasteiger charge is 2.20. The number of likely N-dealkylation sites (tertiary alicyclic amines) is 1. The van der Waals surface area contributed by atoms with Crippen molar-refractivity contribution in [2.45, 2.75) is 25.3 Å². The molecule has 0 saturated carbocycles. The van der Waals surface area contributed by atoms with Gasteiger partial charge in [0.25, 0.3) is 0 Å². The van der Waals surface area contributed by atoms with E-state index in [2.05, 4.69) is 77.4 Å². The summed E-state index contributed by atoms with van der Waals surface area (Å²) in [4.78, 5) is 2.53. The van der Waals surface area contributed by atoms with E-state index in [0.717, 1.165) is 24.4 Å². The Balaban J connectivity index is 1.65. The van der Waals surface area contributed by atoms with Crippen LogP contribution in [0, 0.1) is 11.8 Å². The topological polar surface area (TPSA) is 12.5 Å². The molecule has 27 heavy (non-hydrogen) atoms. The third kappa shape index (κ3) is 4.15. The van der Waals surface area contributed by atoms with Crippen LogP contribution in [0.5, 0.6) is 5.75 Å². The molecule has 3 aromatic carbocycles. The van der Waals surface area contributed by atoms with Crippen molar-refractivity contribution in [1.29, 1.82) is 0 Å². The molecule has 0 spiro atoms. The second-order valence-electron chi connectivity index (χ2n) is 7.11. The largest absolute Gasteiger partial charge is 0.497 e. The number of fused-ring (bicyclic) bond motifs is 1. The first kappa shape index (κ1) is 17.6. The minimum atomic E-state index is 0.165. The molecule has 3 aromatic rings. The molecule has 2 nitrogen and oxygen atoms in total. The summed E-state index contributed by atoms with van der Waals surface area (Å²) in [5, 5.41) is 2.37. The van der Waals surface area contributed by atoms with Crippen molar-refractivity contribution < 1.29 is 4.74 Å². The average molecular weight is 355 g/mol. The molecule has 0 radical (unpaired) electrons. The van der Waals surface area contributed by atoms with Crippen molar-refractivity contribution in [3.05, 3.63) is 77.9 Å². The first-order valence-electron chi connectivity index (χ1n) is 9.72. The molecule has 0 bridgehead atoms. The fourth-order valence-corrected chi connectivity index (χ4v) is 3.78. The number of piperidine rings is 1. The Morgan fingerprint density at radius 3 is 2.37 bits per heavy atom. The smallest absolute Gasteiger partial charge is 0.119 e. The van der Waals surface area contributed by atoms with Gasteiger partial charge in [0.1, 0.15) is 5.75 Å². The van der Waals surface area contributed by atoms with Crippen LogP contribution in [0.15, 0.2) is 66.7 Å². The van der Waals surface area contributed by atoms with E-state index in [1.54, 1.807) is 7.11 Å². The van der Waals surface area contributed by atoms with Gasteiger partial charge in [-0.3, -0.25) is 4.90 Å². The lowest BCUT2D eigenvalue weighted by atomic mass is 10.0. The van der Waals surface area contributed by atoms with Crippen LogP contribution in [0.1, 0.15) is 36.4 Å². The second kappa shape index (κ2) is 8.29. The molecule has 0 amide bonds. The zero-order valence-electron chi connectivity index (χ0n) is 15.8. The molecule has 4 rings (SSSR count). The standard InChI is InChI=1S/C25H25NO/c1-27-24-14-13-22-18-20(10-12-23(22)19-24)11-15-25(21-8-4-2-5-9-21)26-16-6-3-7-17-26/h2,4-5,8-10,12-14,18-19,25H,3,6-7,16-17H2,1H3. The van der Waals surface area contributed by atoms with E-state index < -0.39 is 0 Å². The van der Waals surface area contributed by atoms with Gasteiger partial charge in [-0.2, -0.15) is 0 Å². The van der Waals surface area contributed by atoms with E-state index in [1.807, 2.05) is 6.07 Å². The van der Waals surface area contributed by atoms with Gasteiger partial charge in [-0.15, -0.1) is 0 Å². The molecule has 1 unspecified atom stereocenters. The Labute approximate surface area is 161 Å². The van der Waals surface area contributed by atoms with E-state index in [4.69, 9.17) is 4.74 Å². The molecule has 1 atom stereocenters. The van der Waals surface area contributed by atoms with Crippen LogP contribution in [0.4, 0.5) is 0 Å². The van der Waals surface area contributed by atoms with Crippen LogP contribution in [-0.4, -0.2) is 25.1 Å². The molecular weight excluding hydrogens is 330 g/mol. The maximum absolute atomic E-state index is 5.31. The highest BCUT2D eigenvalue weighted by molar-refractivity contribution is 5.85. The summed E-state index contributed by atoms with van der Waals surface area (Å²) in [7, 11) is 1.70. The van der Waals surface area contributed by atoms with Crippen molar-refractivity contribution in [2.75, 3.05) is 20.2 Å². The minimum absolute atomic E-state index is 0.165. The Morgan fingerprint density at radius 1 is 0.852 bits per heavy atom. The second-order valence-corrected chi connectivity index (χ2v) is 7.11. The van der Waals surface area contributed by atoms with E-state index in [0.29, 0.717) is 0 Å². The van der Waals surface area contributed by atoms with E-state index in [1.165, 1.54) is 35.6 Å². The van der Waals surface area contributed by atoms with Gasteiger partial charge in [0.2, 0.25) is 0 Å². The molecule has 1 fully saturated rings. The Hall–Kier alpha value is -2.76. The lowest BCUT2D eigenvalue weighted by Gasteiger charge is -2.31. The Kier molecular flexibility index (Phi) is 5.42. The van der Waals surface area contributed by atoms with Gasteiger partial charge in [-0.05, 0) is 66.5 Å². The zero-order chi connectivity index (χ0) is 18.5. The van der Waals surface area contributed by atoms with Crippen molar-refractivity contribution in [3.63, 3.8) is 0 Å². The van der Waals surface area contributed by atoms with E-state index in [9.17, 15) is 0 Å². The van der Waals surface area contributed by atoms with E-state index in [-0.39, 0.29) is 6.04 Å². The summed E-state index contributed by atoms with van der Waals surface area (Å²) in [6.45, 7) is 2.26. The summed E-state index contributed by atoms with van der Waals surface area (Å²) < 4.78 is 5.31. The van der Waals surface area contributed by atoms with Crippen LogP contribution in [0.25, 0.3) is 10.8 Å². The fourth-order valence-electron chi connectivity index (χ4n) is 3.78. The third-order valence-electron chi connectivity index (χ3n) is 5.27. The third-order valence-corrected chi connectivity index (χ3v) is 5.27. The number of methoxy groups -OCH3 is 1. The van der Waals surface area contributed by atoms with E-state index >= 15 is 0 Å². The van der Waals surface area contributed by atoms with Gasteiger partial charge in [-0.25, -0.2) is 0 Å². The van der Waals surface area contributed by atoms with Gasteiger partial charge < -0.3 is 4.74 Å². The lowest BCUT2D eigenvalue weighted by Crippen LogP contribution is -2.33. The Morgan fingerprint density at radius 2 is 1.59 bits per heavy atom. The number of hydrogen-bond acceptors (Lipinski definition) is 2. The molecule has 0 N–H and O–H groups in total. The van der Waals surface area contributed by atoms with Gasteiger partial charge >= 0.3 is 0 Å². The fraction of sp³-hybridized carbons (Fsp3) is 0.280. The number of nitrogens with zero attached hydrogens (tertiary/aromatic N) is 1. The lowest BCUT2D eigenvalue weighted by molar-refractivity contribution is 0.197. The molecule has 1 aliphatic rings. The highest BCUT2D eigenvalue weighted by atomic mass is 16.5. The first-order valence-corrected chi connectivity index (χ1v) is 9.72. The van der Waals surface area contributed by atoms with Gasteiger partial charge in [0, 0.05) is 5.56 Å². The maximum atomic E-state index is 5.31. The normalized spacial score (nSPS) is 15.7. The molecule has 2 heteroatoms. The zero-order valence-corrected chi connectivity index (χ0v) is 15.8.